The molecule has 1 aliphatic rings. The first kappa shape index (κ1) is 23.5. The van der Waals surface area contributed by atoms with Crippen molar-refractivity contribution in [2.75, 3.05) is 32.1 Å². The van der Waals surface area contributed by atoms with E-state index < -0.39 is 0 Å². The summed E-state index contributed by atoms with van der Waals surface area (Å²) < 4.78 is 2.12. The number of anilines is 1. The lowest BCUT2D eigenvalue weighted by molar-refractivity contribution is 0.0832. The number of aromatic nitrogens is 2. The number of nitrogens with zero attached hydrogens (tertiary/aromatic N) is 5. The molecule has 2 aromatic heterocycles. The van der Waals surface area contributed by atoms with E-state index in [2.05, 4.69) is 11.0 Å². The maximum absolute atomic E-state index is 13.5. The standard InChI is InChI=1S/C22H23N5O2S.C2H6/c1-25(2)20(28)18-12-17-19(30-18)21(29)27(14-16-9-5-4-8-15(16)13-23)22(24-17)26-10-6-3-7-11-26;1-2/h4-5,8-9,12H,3,6-7,10-11,14H2,1-2H3;1-2H3. The first-order valence-electron chi connectivity index (χ1n) is 11.0. The minimum absolute atomic E-state index is 0.140. The van der Waals surface area contributed by atoms with Gasteiger partial charge in [-0.1, -0.05) is 32.0 Å². The number of carbonyl (C=O) groups is 1. The number of hydrogen-bond donors (Lipinski definition) is 0. The van der Waals surface area contributed by atoms with Crippen molar-refractivity contribution in [3.8, 4) is 6.07 Å². The number of piperidine rings is 1. The van der Waals surface area contributed by atoms with Crippen molar-refractivity contribution in [1.82, 2.24) is 14.5 Å². The average Bonchev–Trinajstić information content (AvgIpc) is 3.27. The minimum atomic E-state index is -0.170. The zero-order chi connectivity index (χ0) is 23.3. The van der Waals surface area contributed by atoms with Gasteiger partial charge in [-0.05, 0) is 37.0 Å². The molecule has 32 heavy (non-hydrogen) atoms. The molecule has 1 saturated heterocycles. The Morgan fingerprint density at radius 3 is 2.53 bits per heavy atom. The molecule has 0 unspecified atom stereocenters. The van der Waals surface area contributed by atoms with Crippen LogP contribution in [0.25, 0.3) is 10.2 Å². The number of amides is 1. The van der Waals surface area contributed by atoms with E-state index in [0.29, 0.717) is 26.6 Å². The fraction of sp³-hybridized carbons (Fsp3) is 0.417. The predicted molar refractivity (Wildman–Crippen MR) is 130 cm³/mol. The van der Waals surface area contributed by atoms with Crippen molar-refractivity contribution in [2.45, 2.75) is 39.7 Å². The van der Waals surface area contributed by atoms with Gasteiger partial charge in [-0.3, -0.25) is 14.2 Å². The van der Waals surface area contributed by atoms with Gasteiger partial charge in [-0.25, -0.2) is 4.98 Å². The molecule has 3 heterocycles. The van der Waals surface area contributed by atoms with Crippen molar-refractivity contribution in [1.29, 1.82) is 5.26 Å². The van der Waals surface area contributed by atoms with E-state index in [0.717, 1.165) is 31.5 Å². The number of nitriles is 1. The van der Waals surface area contributed by atoms with Crippen LogP contribution in [0.4, 0.5) is 5.95 Å². The van der Waals surface area contributed by atoms with Crippen molar-refractivity contribution >= 4 is 33.4 Å². The molecular formula is C24H29N5O2S. The van der Waals surface area contributed by atoms with Crippen molar-refractivity contribution < 1.29 is 4.79 Å². The van der Waals surface area contributed by atoms with Crippen LogP contribution in [0.1, 0.15) is 53.9 Å². The lowest BCUT2D eigenvalue weighted by Crippen LogP contribution is -2.36. The van der Waals surface area contributed by atoms with Gasteiger partial charge in [-0.2, -0.15) is 5.26 Å². The highest BCUT2D eigenvalue weighted by Gasteiger charge is 2.23. The molecule has 4 rings (SSSR count). The van der Waals surface area contributed by atoms with Crippen LogP contribution in [0.5, 0.6) is 0 Å². The summed E-state index contributed by atoms with van der Waals surface area (Å²) in [4.78, 5) is 34.9. The van der Waals surface area contributed by atoms with Crippen LogP contribution in [0.2, 0.25) is 0 Å². The largest absolute Gasteiger partial charge is 0.344 e. The van der Waals surface area contributed by atoms with Gasteiger partial charge in [0, 0.05) is 27.2 Å². The van der Waals surface area contributed by atoms with Gasteiger partial charge in [0.05, 0.1) is 28.6 Å². The Morgan fingerprint density at radius 2 is 1.88 bits per heavy atom. The van der Waals surface area contributed by atoms with Gasteiger partial charge in [0.25, 0.3) is 11.5 Å². The Kier molecular flexibility index (Phi) is 7.65. The predicted octanol–water partition coefficient (Wildman–Crippen LogP) is 4.10. The Balaban J connectivity index is 0.00000141. The fourth-order valence-corrected chi connectivity index (χ4v) is 4.81. The second kappa shape index (κ2) is 10.4. The zero-order valence-electron chi connectivity index (χ0n) is 19.1. The van der Waals surface area contributed by atoms with E-state index in [-0.39, 0.29) is 18.0 Å². The third-order valence-corrected chi connectivity index (χ3v) is 6.44. The lowest BCUT2D eigenvalue weighted by Gasteiger charge is -2.29. The summed E-state index contributed by atoms with van der Waals surface area (Å²) in [6.45, 7) is 5.95. The van der Waals surface area contributed by atoms with E-state index >= 15 is 0 Å². The smallest absolute Gasteiger partial charge is 0.273 e. The molecule has 1 amide bonds. The summed E-state index contributed by atoms with van der Waals surface area (Å²) in [5.41, 5.74) is 1.71. The van der Waals surface area contributed by atoms with E-state index in [9.17, 15) is 14.9 Å². The van der Waals surface area contributed by atoms with Gasteiger partial charge in [0.1, 0.15) is 4.70 Å². The molecular weight excluding hydrogens is 422 g/mol. The van der Waals surface area contributed by atoms with Gasteiger partial charge >= 0.3 is 0 Å². The van der Waals surface area contributed by atoms with E-state index in [1.165, 1.54) is 22.7 Å². The van der Waals surface area contributed by atoms with Crippen molar-refractivity contribution in [3.63, 3.8) is 0 Å². The van der Waals surface area contributed by atoms with Gasteiger partial charge in [0.15, 0.2) is 0 Å². The van der Waals surface area contributed by atoms with Crippen LogP contribution in [-0.2, 0) is 6.54 Å². The Morgan fingerprint density at radius 1 is 1.19 bits per heavy atom. The summed E-state index contributed by atoms with van der Waals surface area (Å²) in [7, 11) is 3.38. The van der Waals surface area contributed by atoms with Crippen LogP contribution < -0.4 is 10.5 Å². The second-order valence-corrected chi connectivity index (χ2v) is 8.70. The number of thiophene rings is 1. The number of rotatable bonds is 4. The average molecular weight is 452 g/mol. The molecule has 0 atom stereocenters. The molecule has 1 aromatic carbocycles. The fourth-order valence-electron chi connectivity index (χ4n) is 3.74. The molecule has 1 fully saturated rings. The normalized spacial score (nSPS) is 13.3. The van der Waals surface area contributed by atoms with Crippen LogP contribution in [0, 0.1) is 11.3 Å². The molecule has 0 radical (unpaired) electrons. The molecule has 0 spiro atoms. The van der Waals surface area contributed by atoms with Crippen LogP contribution >= 0.6 is 11.3 Å². The topological polar surface area (TPSA) is 82.2 Å². The van der Waals surface area contributed by atoms with Gasteiger partial charge in [-0.15, -0.1) is 11.3 Å². The van der Waals surface area contributed by atoms with E-state index in [1.54, 1.807) is 30.8 Å². The first-order chi connectivity index (χ1) is 15.5. The molecule has 0 N–H and O–H groups in total. The molecule has 7 nitrogen and oxygen atoms in total. The Labute approximate surface area is 192 Å². The second-order valence-electron chi connectivity index (χ2n) is 7.64. The summed E-state index contributed by atoms with van der Waals surface area (Å²) in [6.07, 6.45) is 3.27. The van der Waals surface area contributed by atoms with E-state index in [4.69, 9.17) is 4.98 Å². The van der Waals surface area contributed by atoms with Gasteiger partial charge in [0.2, 0.25) is 5.95 Å². The minimum Gasteiger partial charge on any atom is -0.344 e. The third-order valence-electron chi connectivity index (χ3n) is 5.34. The van der Waals surface area contributed by atoms with Crippen LogP contribution in [0.15, 0.2) is 35.1 Å². The molecule has 0 saturated carbocycles. The first-order valence-corrected chi connectivity index (χ1v) is 11.8. The molecule has 168 valence electrons. The van der Waals surface area contributed by atoms with Crippen molar-refractivity contribution in [3.05, 3.63) is 56.7 Å². The monoisotopic (exact) mass is 451 g/mol. The van der Waals surface area contributed by atoms with Crippen LogP contribution in [0.3, 0.4) is 0 Å². The van der Waals surface area contributed by atoms with Gasteiger partial charge < -0.3 is 9.80 Å². The highest BCUT2D eigenvalue weighted by Crippen LogP contribution is 2.26. The molecule has 3 aromatic rings. The Hall–Kier alpha value is -3.18. The maximum atomic E-state index is 13.5. The number of carbonyl (C=O) groups excluding carboxylic acids is 1. The maximum Gasteiger partial charge on any atom is 0.273 e. The van der Waals surface area contributed by atoms with Crippen LogP contribution in [-0.4, -0.2) is 47.5 Å². The summed E-state index contributed by atoms with van der Waals surface area (Å²) >= 11 is 1.18. The third kappa shape index (κ3) is 4.68. The summed E-state index contributed by atoms with van der Waals surface area (Å²) in [5.74, 6) is 0.472. The highest BCUT2D eigenvalue weighted by molar-refractivity contribution is 7.20. The van der Waals surface area contributed by atoms with Crippen molar-refractivity contribution in [2.24, 2.45) is 0 Å². The number of benzene rings is 1. The molecule has 0 aliphatic carbocycles. The molecule has 8 heteroatoms. The quantitative estimate of drug-likeness (QED) is 0.597. The number of hydrogen-bond acceptors (Lipinski definition) is 6. The zero-order valence-corrected chi connectivity index (χ0v) is 19.9. The SMILES string of the molecule is CC.CN(C)C(=O)c1cc2nc(N3CCCCC3)n(Cc3ccccc3C#N)c(=O)c2s1. The summed E-state index contributed by atoms with van der Waals surface area (Å²) in [5, 5.41) is 9.47. The highest BCUT2D eigenvalue weighted by atomic mass is 32.1. The summed E-state index contributed by atoms with van der Waals surface area (Å²) in [6, 6.07) is 11.2. The lowest BCUT2D eigenvalue weighted by atomic mass is 10.1. The molecule has 0 bridgehead atoms. The number of fused-ring (bicyclic) bond motifs is 1. The molecule has 1 aliphatic heterocycles. The van der Waals surface area contributed by atoms with E-state index in [1.807, 2.05) is 32.0 Å². The Bertz CT molecular complexity index is 1200.